The van der Waals surface area contributed by atoms with Crippen LogP contribution in [0, 0.1) is 5.92 Å². The van der Waals surface area contributed by atoms with Gasteiger partial charge >= 0.3 is 0 Å². The Hall–Kier alpha value is -0.810. The monoisotopic (exact) mass is 258 g/mol. The molecular weight excluding hydrogens is 248 g/mol. The summed E-state index contributed by atoms with van der Waals surface area (Å²) in [6.45, 7) is 2.72. The summed E-state index contributed by atoms with van der Waals surface area (Å²) in [4.78, 5) is 11.5. The topological polar surface area (TPSA) is 54.3 Å². The number of carbonyl (C=O) groups is 1. The molecule has 0 unspecified atom stereocenters. The van der Waals surface area contributed by atoms with Gasteiger partial charge in [-0.2, -0.15) is 0 Å². The van der Waals surface area contributed by atoms with Crippen molar-refractivity contribution < 1.29 is 9.21 Å². The van der Waals surface area contributed by atoms with Crippen molar-refractivity contribution in [1.82, 2.24) is 10.6 Å². The molecule has 1 aromatic heterocycles. The summed E-state index contributed by atoms with van der Waals surface area (Å²) in [5.74, 6) is 0.501. The standard InChI is InChI=1S/C9H11BrN2O2/c10-8-1-7(5-14-8)9(13)12-4-6-2-11-3-6/h1,5-6,11H,2-4H2,(H,12,13). The predicted molar refractivity (Wildman–Crippen MR) is 55.1 cm³/mol. The number of hydrogen-bond donors (Lipinski definition) is 2. The summed E-state index contributed by atoms with van der Waals surface area (Å²) in [6, 6.07) is 1.66. The predicted octanol–water partition coefficient (Wildman–Crippen LogP) is 0.991. The van der Waals surface area contributed by atoms with Crippen LogP contribution in [0.2, 0.25) is 0 Å². The summed E-state index contributed by atoms with van der Waals surface area (Å²) >= 11 is 3.15. The molecule has 2 rings (SSSR count). The number of halogens is 1. The zero-order chi connectivity index (χ0) is 9.97. The largest absolute Gasteiger partial charge is 0.457 e. The van der Waals surface area contributed by atoms with Crippen molar-refractivity contribution in [2.45, 2.75) is 0 Å². The number of furan rings is 1. The first kappa shape index (κ1) is 9.73. The Kier molecular flexibility index (Phi) is 2.88. The molecule has 1 aromatic rings. The van der Waals surface area contributed by atoms with E-state index in [1.165, 1.54) is 6.26 Å². The molecule has 1 aliphatic rings. The van der Waals surface area contributed by atoms with Gasteiger partial charge in [-0.3, -0.25) is 4.79 Å². The van der Waals surface area contributed by atoms with Crippen LogP contribution in [0.1, 0.15) is 10.4 Å². The van der Waals surface area contributed by atoms with Gasteiger partial charge in [0.05, 0.1) is 5.56 Å². The molecule has 0 saturated carbocycles. The molecule has 0 bridgehead atoms. The van der Waals surface area contributed by atoms with Crippen molar-refractivity contribution in [2.75, 3.05) is 19.6 Å². The van der Waals surface area contributed by atoms with Crippen LogP contribution < -0.4 is 10.6 Å². The van der Waals surface area contributed by atoms with Gasteiger partial charge < -0.3 is 15.1 Å². The maximum atomic E-state index is 11.5. The van der Waals surface area contributed by atoms with Crippen LogP contribution in [0.15, 0.2) is 21.4 Å². The summed E-state index contributed by atoms with van der Waals surface area (Å²) in [6.07, 6.45) is 1.44. The lowest BCUT2D eigenvalue weighted by Crippen LogP contribution is -2.48. The van der Waals surface area contributed by atoms with Gasteiger partial charge in [-0.25, -0.2) is 0 Å². The average Bonchev–Trinajstić information content (AvgIpc) is 2.49. The minimum Gasteiger partial charge on any atom is -0.457 e. The van der Waals surface area contributed by atoms with E-state index in [9.17, 15) is 4.79 Å². The Balaban J connectivity index is 1.82. The van der Waals surface area contributed by atoms with Crippen molar-refractivity contribution >= 4 is 21.8 Å². The molecule has 0 aliphatic carbocycles. The summed E-state index contributed by atoms with van der Waals surface area (Å²) in [5.41, 5.74) is 0.559. The fourth-order valence-electron chi connectivity index (χ4n) is 1.26. The number of hydrogen-bond acceptors (Lipinski definition) is 3. The lowest BCUT2D eigenvalue weighted by Gasteiger charge is -2.26. The Morgan fingerprint density at radius 2 is 2.50 bits per heavy atom. The molecule has 4 nitrogen and oxygen atoms in total. The van der Waals surface area contributed by atoms with E-state index in [2.05, 4.69) is 26.6 Å². The molecule has 1 fully saturated rings. The van der Waals surface area contributed by atoms with E-state index in [0.717, 1.165) is 19.6 Å². The van der Waals surface area contributed by atoms with Gasteiger partial charge in [0.25, 0.3) is 5.91 Å². The molecule has 0 radical (unpaired) electrons. The number of nitrogens with one attached hydrogen (secondary N) is 2. The molecule has 0 aromatic carbocycles. The van der Waals surface area contributed by atoms with E-state index in [1.54, 1.807) is 6.07 Å². The highest BCUT2D eigenvalue weighted by Crippen LogP contribution is 2.13. The lowest BCUT2D eigenvalue weighted by atomic mass is 10.0. The molecule has 0 atom stereocenters. The minimum atomic E-state index is -0.0775. The Morgan fingerprint density at radius 3 is 3.00 bits per heavy atom. The third kappa shape index (κ3) is 2.16. The van der Waals surface area contributed by atoms with Crippen LogP contribution in [0.25, 0.3) is 0 Å². The first-order valence-electron chi connectivity index (χ1n) is 4.48. The number of carbonyl (C=O) groups excluding carboxylic acids is 1. The zero-order valence-electron chi connectivity index (χ0n) is 7.55. The smallest absolute Gasteiger partial charge is 0.254 e. The second-order valence-corrected chi connectivity index (χ2v) is 4.16. The summed E-state index contributed by atoms with van der Waals surface area (Å²) in [7, 11) is 0. The normalized spacial score (nSPS) is 16.4. The van der Waals surface area contributed by atoms with Crippen molar-refractivity contribution in [3.63, 3.8) is 0 Å². The highest BCUT2D eigenvalue weighted by atomic mass is 79.9. The quantitative estimate of drug-likeness (QED) is 0.851. The molecule has 1 saturated heterocycles. The van der Waals surface area contributed by atoms with Gasteiger partial charge in [0.1, 0.15) is 6.26 Å². The second kappa shape index (κ2) is 4.14. The minimum absolute atomic E-state index is 0.0775. The summed E-state index contributed by atoms with van der Waals surface area (Å²) < 4.78 is 5.55. The van der Waals surface area contributed by atoms with E-state index in [1.807, 2.05) is 0 Å². The van der Waals surface area contributed by atoms with E-state index in [-0.39, 0.29) is 5.91 Å². The third-order valence-electron chi connectivity index (χ3n) is 2.25. The second-order valence-electron chi connectivity index (χ2n) is 3.37. The Bertz CT molecular complexity index is 333. The number of amides is 1. The first-order chi connectivity index (χ1) is 6.75. The molecule has 0 spiro atoms. The molecule has 2 N–H and O–H groups in total. The van der Waals surface area contributed by atoms with Gasteiger partial charge in [0.2, 0.25) is 0 Å². The van der Waals surface area contributed by atoms with Gasteiger partial charge in [0, 0.05) is 31.6 Å². The highest BCUT2D eigenvalue weighted by molar-refractivity contribution is 9.10. The molecule has 14 heavy (non-hydrogen) atoms. The SMILES string of the molecule is O=C(NCC1CNC1)c1coc(Br)c1. The first-order valence-corrected chi connectivity index (χ1v) is 5.28. The van der Waals surface area contributed by atoms with E-state index in [4.69, 9.17) is 4.42 Å². The zero-order valence-corrected chi connectivity index (χ0v) is 9.13. The summed E-state index contributed by atoms with van der Waals surface area (Å²) in [5, 5.41) is 6.01. The van der Waals surface area contributed by atoms with Crippen LogP contribution in [0.3, 0.4) is 0 Å². The van der Waals surface area contributed by atoms with Gasteiger partial charge in [0.15, 0.2) is 4.67 Å². The fourth-order valence-corrected chi connectivity index (χ4v) is 1.60. The van der Waals surface area contributed by atoms with Crippen molar-refractivity contribution in [2.24, 2.45) is 5.92 Å². The lowest BCUT2D eigenvalue weighted by molar-refractivity contribution is 0.0941. The van der Waals surface area contributed by atoms with Crippen molar-refractivity contribution in [3.05, 3.63) is 22.6 Å². The molecule has 1 aliphatic heterocycles. The Morgan fingerprint density at radius 1 is 1.71 bits per heavy atom. The van der Waals surface area contributed by atoms with Crippen molar-refractivity contribution in [1.29, 1.82) is 0 Å². The molecular formula is C9H11BrN2O2. The Labute approximate surface area is 90.2 Å². The van der Waals surface area contributed by atoms with E-state index >= 15 is 0 Å². The maximum absolute atomic E-state index is 11.5. The highest BCUT2D eigenvalue weighted by Gasteiger charge is 2.18. The van der Waals surface area contributed by atoms with Crippen LogP contribution in [-0.4, -0.2) is 25.5 Å². The third-order valence-corrected chi connectivity index (χ3v) is 2.66. The average molecular weight is 259 g/mol. The van der Waals surface area contributed by atoms with E-state index in [0.29, 0.717) is 16.2 Å². The van der Waals surface area contributed by atoms with Gasteiger partial charge in [-0.05, 0) is 15.9 Å². The molecule has 2 heterocycles. The van der Waals surface area contributed by atoms with Gasteiger partial charge in [-0.15, -0.1) is 0 Å². The van der Waals surface area contributed by atoms with Crippen LogP contribution in [0.4, 0.5) is 0 Å². The number of rotatable bonds is 3. The fraction of sp³-hybridized carbons (Fsp3) is 0.444. The molecule has 76 valence electrons. The van der Waals surface area contributed by atoms with Gasteiger partial charge in [-0.1, -0.05) is 0 Å². The van der Waals surface area contributed by atoms with Crippen LogP contribution in [0.5, 0.6) is 0 Å². The van der Waals surface area contributed by atoms with Crippen molar-refractivity contribution in [3.8, 4) is 0 Å². The maximum Gasteiger partial charge on any atom is 0.254 e. The van der Waals surface area contributed by atoms with Crippen LogP contribution >= 0.6 is 15.9 Å². The van der Waals surface area contributed by atoms with E-state index < -0.39 is 0 Å². The molecule has 1 amide bonds. The molecule has 5 heteroatoms. The van der Waals surface area contributed by atoms with Crippen LogP contribution in [-0.2, 0) is 0 Å².